The van der Waals surface area contributed by atoms with E-state index >= 15 is 0 Å². The largest absolute Gasteiger partial charge is 0.481 e. The monoisotopic (exact) mass is 205 g/mol. The van der Waals surface area contributed by atoms with Crippen molar-refractivity contribution in [3.63, 3.8) is 0 Å². The van der Waals surface area contributed by atoms with Crippen LogP contribution in [0, 0.1) is 18.3 Å². The number of aromatic nitrogens is 1. The number of hydrogen-bond donors (Lipinski definition) is 1. The van der Waals surface area contributed by atoms with E-state index in [1.54, 1.807) is 6.20 Å². The highest BCUT2D eigenvalue weighted by Gasteiger charge is 2.63. The first-order valence-electron chi connectivity index (χ1n) is 5.10. The van der Waals surface area contributed by atoms with Gasteiger partial charge in [-0.3, -0.25) is 9.78 Å². The second kappa shape index (κ2) is 3.05. The first-order valence-corrected chi connectivity index (χ1v) is 5.10. The van der Waals surface area contributed by atoms with E-state index in [-0.39, 0.29) is 17.3 Å². The molecule has 2 atom stereocenters. The lowest BCUT2D eigenvalue weighted by Crippen LogP contribution is -2.03. The van der Waals surface area contributed by atoms with Crippen molar-refractivity contribution in [2.45, 2.75) is 26.7 Å². The molecule has 2 rings (SSSR count). The van der Waals surface area contributed by atoms with Gasteiger partial charge in [0, 0.05) is 17.8 Å². The van der Waals surface area contributed by atoms with Crippen LogP contribution in [0.2, 0.25) is 0 Å². The summed E-state index contributed by atoms with van der Waals surface area (Å²) in [5.41, 5.74) is 1.88. The number of aryl methyl sites for hydroxylation is 1. The maximum atomic E-state index is 11.1. The highest BCUT2D eigenvalue weighted by molar-refractivity contribution is 5.77. The summed E-state index contributed by atoms with van der Waals surface area (Å²) in [6, 6.07) is 3.85. The molecule has 0 bridgehead atoms. The molecule has 1 aromatic heterocycles. The first kappa shape index (κ1) is 10.1. The van der Waals surface area contributed by atoms with Gasteiger partial charge in [-0.2, -0.15) is 0 Å². The molecular formula is C12H15NO2. The Morgan fingerprint density at radius 2 is 2.20 bits per heavy atom. The van der Waals surface area contributed by atoms with Gasteiger partial charge in [0.15, 0.2) is 0 Å². The molecule has 80 valence electrons. The van der Waals surface area contributed by atoms with Crippen LogP contribution in [0.4, 0.5) is 0 Å². The van der Waals surface area contributed by atoms with Crippen LogP contribution in [-0.4, -0.2) is 16.1 Å². The summed E-state index contributed by atoms with van der Waals surface area (Å²) in [5, 5.41) is 9.09. The van der Waals surface area contributed by atoms with Gasteiger partial charge in [-0.1, -0.05) is 19.9 Å². The van der Waals surface area contributed by atoms with E-state index in [0.717, 1.165) is 11.3 Å². The fourth-order valence-electron chi connectivity index (χ4n) is 2.50. The number of pyridine rings is 1. The van der Waals surface area contributed by atoms with Crippen molar-refractivity contribution < 1.29 is 9.90 Å². The lowest BCUT2D eigenvalue weighted by Gasteiger charge is -2.04. The van der Waals surface area contributed by atoms with E-state index in [2.05, 4.69) is 4.98 Å². The smallest absolute Gasteiger partial charge is 0.307 e. The summed E-state index contributed by atoms with van der Waals surface area (Å²) < 4.78 is 0. The fourth-order valence-corrected chi connectivity index (χ4v) is 2.50. The SMILES string of the molecule is Cc1ncccc1C1C(C(=O)O)C1(C)C. The standard InChI is InChI=1S/C12H15NO2/c1-7-8(5-4-6-13-7)9-10(11(14)15)12(9,2)3/h4-6,9-10H,1-3H3,(H,14,15). The van der Waals surface area contributed by atoms with Crippen molar-refractivity contribution in [2.75, 3.05) is 0 Å². The molecule has 1 saturated carbocycles. The highest BCUT2D eigenvalue weighted by Crippen LogP contribution is 2.64. The Balaban J connectivity index is 2.36. The molecule has 15 heavy (non-hydrogen) atoms. The molecule has 2 unspecified atom stereocenters. The predicted molar refractivity (Wildman–Crippen MR) is 56.6 cm³/mol. The Hall–Kier alpha value is -1.38. The van der Waals surface area contributed by atoms with Crippen LogP contribution in [0.3, 0.4) is 0 Å². The summed E-state index contributed by atoms with van der Waals surface area (Å²) >= 11 is 0. The third kappa shape index (κ3) is 1.42. The quantitative estimate of drug-likeness (QED) is 0.805. The molecule has 0 amide bonds. The predicted octanol–water partition coefficient (Wildman–Crippen LogP) is 2.21. The van der Waals surface area contributed by atoms with Crippen LogP contribution in [0.15, 0.2) is 18.3 Å². The van der Waals surface area contributed by atoms with Crippen molar-refractivity contribution in [1.82, 2.24) is 4.98 Å². The first-order chi connectivity index (χ1) is 6.96. The Labute approximate surface area is 89.2 Å². The van der Waals surface area contributed by atoms with Crippen LogP contribution in [0.25, 0.3) is 0 Å². The van der Waals surface area contributed by atoms with E-state index in [1.165, 1.54) is 0 Å². The van der Waals surface area contributed by atoms with Crippen molar-refractivity contribution in [1.29, 1.82) is 0 Å². The Morgan fingerprint density at radius 1 is 1.53 bits per heavy atom. The minimum atomic E-state index is -0.701. The van der Waals surface area contributed by atoms with E-state index in [1.807, 2.05) is 32.9 Å². The molecular weight excluding hydrogens is 190 g/mol. The average molecular weight is 205 g/mol. The summed E-state index contributed by atoms with van der Waals surface area (Å²) in [6.45, 7) is 5.94. The highest BCUT2D eigenvalue weighted by atomic mass is 16.4. The van der Waals surface area contributed by atoms with Crippen molar-refractivity contribution >= 4 is 5.97 Å². The van der Waals surface area contributed by atoms with Crippen LogP contribution >= 0.6 is 0 Å². The molecule has 1 aliphatic rings. The van der Waals surface area contributed by atoms with E-state index in [9.17, 15) is 4.79 Å². The van der Waals surface area contributed by atoms with Crippen molar-refractivity contribution in [3.8, 4) is 0 Å². The van der Waals surface area contributed by atoms with Gasteiger partial charge >= 0.3 is 5.97 Å². The van der Waals surface area contributed by atoms with Gasteiger partial charge in [0.25, 0.3) is 0 Å². The van der Waals surface area contributed by atoms with Gasteiger partial charge in [0.1, 0.15) is 0 Å². The molecule has 3 nitrogen and oxygen atoms in total. The van der Waals surface area contributed by atoms with Crippen LogP contribution < -0.4 is 0 Å². The van der Waals surface area contributed by atoms with E-state index in [0.29, 0.717) is 0 Å². The number of carboxylic acids is 1. The average Bonchev–Trinajstić information content (AvgIpc) is 2.70. The fraction of sp³-hybridized carbons (Fsp3) is 0.500. The number of carbonyl (C=O) groups is 1. The Bertz CT molecular complexity index is 412. The molecule has 1 N–H and O–H groups in total. The zero-order valence-electron chi connectivity index (χ0n) is 9.19. The van der Waals surface area contributed by atoms with Crippen LogP contribution in [0.5, 0.6) is 0 Å². The summed E-state index contributed by atoms with van der Waals surface area (Å²) in [6.07, 6.45) is 1.74. The van der Waals surface area contributed by atoms with Gasteiger partial charge in [-0.05, 0) is 24.0 Å². The number of carboxylic acid groups (broad SMARTS) is 1. The van der Waals surface area contributed by atoms with Crippen molar-refractivity contribution in [3.05, 3.63) is 29.6 Å². The minimum Gasteiger partial charge on any atom is -0.481 e. The van der Waals surface area contributed by atoms with Crippen LogP contribution in [0.1, 0.15) is 31.0 Å². The molecule has 1 heterocycles. The second-order valence-electron chi connectivity index (χ2n) is 4.79. The summed E-state index contributed by atoms with van der Waals surface area (Å²) in [5.74, 6) is -0.850. The molecule has 0 aliphatic heterocycles. The van der Waals surface area contributed by atoms with Gasteiger partial charge < -0.3 is 5.11 Å². The zero-order valence-corrected chi connectivity index (χ0v) is 9.19. The van der Waals surface area contributed by atoms with Crippen LogP contribution in [-0.2, 0) is 4.79 Å². The Morgan fingerprint density at radius 3 is 2.67 bits per heavy atom. The molecule has 0 spiro atoms. The lowest BCUT2D eigenvalue weighted by molar-refractivity contribution is -0.139. The molecule has 1 aliphatic carbocycles. The number of nitrogens with zero attached hydrogens (tertiary/aromatic N) is 1. The number of aliphatic carboxylic acids is 1. The van der Waals surface area contributed by atoms with Gasteiger partial charge in [-0.25, -0.2) is 0 Å². The molecule has 1 fully saturated rings. The Kier molecular flexibility index (Phi) is 2.07. The zero-order chi connectivity index (χ0) is 11.2. The molecule has 0 saturated heterocycles. The molecule has 0 radical (unpaired) electrons. The second-order valence-corrected chi connectivity index (χ2v) is 4.79. The van der Waals surface area contributed by atoms with Gasteiger partial charge in [0.2, 0.25) is 0 Å². The maximum Gasteiger partial charge on any atom is 0.307 e. The minimum absolute atomic E-state index is 0.115. The number of rotatable bonds is 2. The van der Waals surface area contributed by atoms with Crippen molar-refractivity contribution in [2.24, 2.45) is 11.3 Å². The van der Waals surface area contributed by atoms with Gasteiger partial charge in [0.05, 0.1) is 5.92 Å². The van der Waals surface area contributed by atoms with E-state index < -0.39 is 5.97 Å². The summed E-state index contributed by atoms with van der Waals surface area (Å²) in [7, 11) is 0. The normalized spacial score (nSPS) is 27.4. The third-order valence-electron chi connectivity index (χ3n) is 3.48. The maximum absolute atomic E-state index is 11.1. The van der Waals surface area contributed by atoms with Gasteiger partial charge in [-0.15, -0.1) is 0 Å². The third-order valence-corrected chi connectivity index (χ3v) is 3.48. The molecule has 3 heteroatoms. The summed E-state index contributed by atoms with van der Waals surface area (Å²) in [4.78, 5) is 15.3. The number of hydrogen-bond acceptors (Lipinski definition) is 2. The van der Waals surface area contributed by atoms with E-state index in [4.69, 9.17) is 5.11 Å². The lowest BCUT2D eigenvalue weighted by atomic mass is 10.0. The molecule has 1 aromatic rings. The topological polar surface area (TPSA) is 50.2 Å². The molecule has 0 aromatic carbocycles.